The molecule has 1 aliphatic carbocycles. The molecule has 0 atom stereocenters. The van der Waals surface area contributed by atoms with Gasteiger partial charge in [-0.3, -0.25) is 4.79 Å². The lowest BCUT2D eigenvalue weighted by Gasteiger charge is -2.12. The number of hydrogen-bond donors (Lipinski definition) is 2. The molecule has 1 aromatic carbocycles. The second-order valence-electron chi connectivity index (χ2n) is 5.15. The van der Waals surface area contributed by atoms with Crippen LogP contribution >= 0.6 is 0 Å². The Hall–Kier alpha value is -2.41. The van der Waals surface area contributed by atoms with Crippen LogP contribution in [0.5, 0.6) is 0 Å². The van der Waals surface area contributed by atoms with Gasteiger partial charge in [0.15, 0.2) is 11.5 Å². The largest absolute Gasteiger partial charge is 0.381 e. The standard InChI is InChI=1S/C15H16FN3O3/c1-21-8-10-7-13(19-22-10)15(20)18-14-11(16)3-2-4-12(14)17-9-5-6-9/h2-4,7,9,17H,5-6,8H2,1H3,(H,18,20). The quantitative estimate of drug-likeness (QED) is 0.858. The third-order valence-electron chi connectivity index (χ3n) is 3.27. The van der Waals surface area contributed by atoms with Gasteiger partial charge in [-0.05, 0) is 25.0 Å². The van der Waals surface area contributed by atoms with Crippen LogP contribution in [0.4, 0.5) is 15.8 Å². The van der Waals surface area contributed by atoms with Gasteiger partial charge >= 0.3 is 0 Å². The van der Waals surface area contributed by atoms with Crippen LogP contribution in [0.1, 0.15) is 29.1 Å². The van der Waals surface area contributed by atoms with E-state index in [1.807, 2.05) is 0 Å². The lowest BCUT2D eigenvalue weighted by molar-refractivity contribution is 0.101. The van der Waals surface area contributed by atoms with Crippen molar-refractivity contribution in [3.63, 3.8) is 0 Å². The first-order chi connectivity index (χ1) is 10.7. The van der Waals surface area contributed by atoms with Crippen molar-refractivity contribution in [3.8, 4) is 0 Å². The molecule has 1 heterocycles. The number of ether oxygens (including phenoxy) is 1. The summed E-state index contributed by atoms with van der Waals surface area (Å²) in [6.07, 6.45) is 2.10. The molecule has 0 unspecified atom stereocenters. The maximum Gasteiger partial charge on any atom is 0.277 e. The van der Waals surface area contributed by atoms with Crippen molar-refractivity contribution in [2.75, 3.05) is 17.7 Å². The zero-order valence-corrected chi connectivity index (χ0v) is 12.1. The van der Waals surface area contributed by atoms with Crippen LogP contribution in [0.3, 0.4) is 0 Å². The molecule has 0 saturated heterocycles. The van der Waals surface area contributed by atoms with E-state index in [2.05, 4.69) is 15.8 Å². The van der Waals surface area contributed by atoms with Crippen LogP contribution in [0.2, 0.25) is 0 Å². The van der Waals surface area contributed by atoms with Crippen LogP contribution < -0.4 is 10.6 Å². The van der Waals surface area contributed by atoms with E-state index < -0.39 is 11.7 Å². The number of carbonyl (C=O) groups is 1. The maximum absolute atomic E-state index is 14.0. The number of methoxy groups -OCH3 is 1. The molecule has 0 spiro atoms. The molecule has 3 rings (SSSR count). The van der Waals surface area contributed by atoms with E-state index in [0.717, 1.165) is 12.8 Å². The second-order valence-corrected chi connectivity index (χ2v) is 5.15. The van der Waals surface area contributed by atoms with E-state index in [1.165, 1.54) is 19.2 Å². The average Bonchev–Trinajstić information content (AvgIpc) is 3.18. The Labute approximate surface area is 126 Å². The van der Waals surface area contributed by atoms with Gasteiger partial charge in [0.05, 0.1) is 5.69 Å². The Balaban J connectivity index is 1.77. The van der Waals surface area contributed by atoms with Gasteiger partial charge < -0.3 is 19.9 Å². The summed E-state index contributed by atoms with van der Waals surface area (Å²) in [6, 6.07) is 6.44. The highest BCUT2D eigenvalue weighted by Gasteiger charge is 2.24. The van der Waals surface area contributed by atoms with Crippen LogP contribution in [-0.4, -0.2) is 24.2 Å². The molecule has 1 aliphatic rings. The molecule has 2 aromatic rings. The number of anilines is 2. The highest BCUT2D eigenvalue weighted by molar-refractivity contribution is 6.04. The Morgan fingerprint density at radius 1 is 1.50 bits per heavy atom. The highest BCUT2D eigenvalue weighted by Crippen LogP contribution is 2.31. The molecule has 0 aliphatic heterocycles. The molecular formula is C15H16FN3O3. The number of carbonyl (C=O) groups excluding carboxylic acids is 1. The Morgan fingerprint density at radius 3 is 3.05 bits per heavy atom. The van der Waals surface area contributed by atoms with Gasteiger partial charge in [-0.25, -0.2) is 4.39 Å². The zero-order chi connectivity index (χ0) is 15.5. The van der Waals surface area contributed by atoms with Gasteiger partial charge in [0, 0.05) is 19.2 Å². The van der Waals surface area contributed by atoms with Crippen molar-refractivity contribution in [2.24, 2.45) is 0 Å². The van der Waals surface area contributed by atoms with Crippen molar-refractivity contribution in [1.29, 1.82) is 0 Å². The number of para-hydroxylation sites is 1. The number of amides is 1. The van der Waals surface area contributed by atoms with Gasteiger partial charge in [-0.2, -0.15) is 0 Å². The van der Waals surface area contributed by atoms with Crippen molar-refractivity contribution in [1.82, 2.24) is 5.16 Å². The summed E-state index contributed by atoms with van der Waals surface area (Å²) in [6.45, 7) is 0.217. The number of rotatable bonds is 6. The lowest BCUT2D eigenvalue weighted by Crippen LogP contribution is -2.15. The molecule has 1 amide bonds. The van der Waals surface area contributed by atoms with E-state index >= 15 is 0 Å². The second kappa shape index (κ2) is 6.15. The molecule has 116 valence electrons. The Morgan fingerprint density at radius 2 is 2.32 bits per heavy atom. The van der Waals surface area contributed by atoms with Gasteiger partial charge in [0.2, 0.25) is 0 Å². The first-order valence-electron chi connectivity index (χ1n) is 6.98. The van der Waals surface area contributed by atoms with Gasteiger partial charge in [0.1, 0.15) is 18.1 Å². The van der Waals surface area contributed by atoms with Crippen LogP contribution in [-0.2, 0) is 11.3 Å². The summed E-state index contributed by atoms with van der Waals surface area (Å²) in [5.41, 5.74) is 0.764. The molecule has 1 aromatic heterocycles. The smallest absolute Gasteiger partial charge is 0.277 e. The monoisotopic (exact) mass is 305 g/mol. The third kappa shape index (κ3) is 3.25. The van der Waals surface area contributed by atoms with Gasteiger partial charge in [0.25, 0.3) is 5.91 Å². The molecular weight excluding hydrogens is 289 g/mol. The van der Waals surface area contributed by atoms with E-state index in [0.29, 0.717) is 17.5 Å². The number of benzene rings is 1. The molecule has 0 bridgehead atoms. The van der Waals surface area contributed by atoms with Crippen molar-refractivity contribution in [3.05, 3.63) is 41.5 Å². The first kappa shape index (κ1) is 14.5. The summed E-state index contributed by atoms with van der Waals surface area (Å²) >= 11 is 0. The first-order valence-corrected chi connectivity index (χ1v) is 6.98. The van der Waals surface area contributed by atoms with Crippen molar-refractivity contribution >= 4 is 17.3 Å². The number of nitrogens with zero attached hydrogens (tertiary/aromatic N) is 1. The molecule has 1 fully saturated rings. The summed E-state index contributed by atoms with van der Waals surface area (Å²) < 4.78 is 23.9. The number of aromatic nitrogens is 1. The van der Waals surface area contributed by atoms with Crippen molar-refractivity contribution < 1.29 is 18.4 Å². The topological polar surface area (TPSA) is 76.4 Å². The fraction of sp³-hybridized carbons (Fsp3) is 0.333. The average molecular weight is 305 g/mol. The molecule has 2 N–H and O–H groups in total. The normalized spacial score (nSPS) is 13.9. The van der Waals surface area contributed by atoms with Gasteiger partial charge in [-0.1, -0.05) is 11.2 Å². The van der Waals surface area contributed by atoms with E-state index in [-0.39, 0.29) is 18.0 Å². The summed E-state index contributed by atoms with van der Waals surface area (Å²) in [4.78, 5) is 12.2. The summed E-state index contributed by atoms with van der Waals surface area (Å²) in [5.74, 6) is -0.604. The molecule has 7 heteroatoms. The Bertz CT molecular complexity index is 682. The fourth-order valence-electron chi connectivity index (χ4n) is 2.03. The molecule has 6 nitrogen and oxygen atoms in total. The predicted octanol–water partition coefficient (Wildman–Crippen LogP) is 2.79. The minimum Gasteiger partial charge on any atom is -0.381 e. The Kier molecular flexibility index (Phi) is 4.06. The SMILES string of the molecule is COCc1cc(C(=O)Nc2c(F)cccc2NC2CC2)no1. The summed E-state index contributed by atoms with van der Waals surface area (Å²) in [7, 11) is 1.51. The predicted molar refractivity (Wildman–Crippen MR) is 78.2 cm³/mol. The molecule has 1 saturated carbocycles. The molecule has 22 heavy (non-hydrogen) atoms. The summed E-state index contributed by atoms with van der Waals surface area (Å²) in [5, 5.41) is 9.39. The maximum atomic E-state index is 14.0. The van der Waals surface area contributed by atoms with Gasteiger partial charge in [-0.15, -0.1) is 0 Å². The minimum atomic E-state index is -0.532. The lowest BCUT2D eigenvalue weighted by atomic mass is 10.2. The third-order valence-corrected chi connectivity index (χ3v) is 3.27. The van der Waals surface area contributed by atoms with Crippen LogP contribution in [0.25, 0.3) is 0 Å². The highest BCUT2D eigenvalue weighted by atomic mass is 19.1. The number of nitrogens with one attached hydrogen (secondary N) is 2. The van der Waals surface area contributed by atoms with Crippen molar-refractivity contribution in [2.45, 2.75) is 25.5 Å². The fourth-order valence-corrected chi connectivity index (χ4v) is 2.03. The van der Waals surface area contributed by atoms with E-state index in [4.69, 9.17) is 9.26 Å². The van der Waals surface area contributed by atoms with E-state index in [1.54, 1.807) is 12.1 Å². The van der Waals surface area contributed by atoms with Crippen LogP contribution in [0, 0.1) is 5.82 Å². The zero-order valence-electron chi connectivity index (χ0n) is 12.1. The number of hydrogen-bond acceptors (Lipinski definition) is 5. The van der Waals surface area contributed by atoms with Crippen LogP contribution in [0.15, 0.2) is 28.8 Å². The van der Waals surface area contributed by atoms with E-state index in [9.17, 15) is 9.18 Å². The minimum absolute atomic E-state index is 0.0766. The molecule has 0 radical (unpaired) electrons. The number of halogens is 1.